The van der Waals surface area contributed by atoms with Crippen LogP contribution < -0.4 is 20.9 Å². The first-order valence-electron chi connectivity index (χ1n) is 12.0. The number of nitrogens with zero attached hydrogens (tertiary/aromatic N) is 1. The summed E-state index contributed by atoms with van der Waals surface area (Å²) in [4.78, 5) is 14.5. The van der Waals surface area contributed by atoms with Gasteiger partial charge in [0.05, 0.1) is 10.7 Å². The zero-order valence-corrected chi connectivity index (χ0v) is 20.1. The molecule has 0 radical (unpaired) electrons. The molecule has 1 saturated heterocycles. The van der Waals surface area contributed by atoms with E-state index in [4.69, 9.17) is 11.6 Å². The summed E-state index contributed by atoms with van der Waals surface area (Å²) in [6.07, 6.45) is 5.65. The van der Waals surface area contributed by atoms with Crippen LogP contribution in [0.15, 0.2) is 48.5 Å². The second kappa shape index (κ2) is 12.7. The summed E-state index contributed by atoms with van der Waals surface area (Å²) in [6, 6.07) is 16.8. The maximum atomic E-state index is 12.3. The Bertz CT molecular complexity index is 841. The van der Waals surface area contributed by atoms with E-state index in [1.54, 1.807) is 0 Å². The van der Waals surface area contributed by atoms with Crippen molar-refractivity contribution < 1.29 is 4.79 Å². The van der Waals surface area contributed by atoms with E-state index >= 15 is 0 Å². The molecule has 0 bridgehead atoms. The molecule has 2 aromatic carbocycles. The van der Waals surface area contributed by atoms with Gasteiger partial charge in [-0.25, -0.2) is 4.79 Å². The average molecular weight is 457 g/mol. The summed E-state index contributed by atoms with van der Waals surface area (Å²) in [6.45, 7) is 7.75. The maximum absolute atomic E-state index is 12.3. The van der Waals surface area contributed by atoms with E-state index in [0.29, 0.717) is 23.3 Å². The third-order valence-corrected chi connectivity index (χ3v) is 6.60. The van der Waals surface area contributed by atoms with Crippen LogP contribution in [0, 0.1) is 5.92 Å². The number of rotatable bonds is 10. The number of anilines is 2. The van der Waals surface area contributed by atoms with Crippen LogP contribution in [0.3, 0.4) is 0 Å². The highest BCUT2D eigenvalue weighted by Gasteiger charge is 2.21. The van der Waals surface area contributed by atoms with Crippen LogP contribution in [0.2, 0.25) is 5.02 Å². The lowest BCUT2D eigenvalue weighted by molar-refractivity contribution is 0.250. The molecule has 0 aliphatic carbocycles. The van der Waals surface area contributed by atoms with E-state index < -0.39 is 0 Å². The Kier molecular flexibility index (Phi) is 9.69. The van der Waals surface area contributed by atoms with E-state index in [1.807, 2.05) is 18.2 Å². The molecule has 2 atom stereocenters. The Morgan fingerprint density at radius 1 is 1.16 bits per heavy atom. The monoisotopic (exact) mass is 456 g/mol. The van der Waals surface area contributed by atoms with Crippen LogP contribution in [0.1, 0.15) is 45.1 Å². The third-order valence-electron chi connectivity index (χ3n) is 6.30. The number of piperidine rings is 1. The van der Waals surface area contributed by atoms with Gasteiger partial charge in [-0.2, -0.15) is 0 Å². The summed E-state index contributed by atoms with van der Waals surface area (Å²) in [5.41, 5.74) is 3.14. The number of urea groups is 1. The van der Waals surface area contributed by atoms with Crippen molar-refractivity contribution in [1.82, 2.24) is 10.6 Å². The molecule has 1 aliphatic rings. The van der Waals surface area contributed by atoms with E-state index in [0.717, 1.165) is 50.5 Å². The van der Waals surface area contributed by atoms with Gasteiger partial charge in [-0.1, -0.05) is 41.9 Å². The minimum Gasteiger partial charge on any atom is -0.371 e. The van der Waals surface area contributed by atoms with Gasteiger partial charge in [-0.3, -0.25) is 0 Å². The van der Waals surface area contributed by atoms with Gasteiger partial charge in [0.1, 0.15) is 0 Å². The lowest BCUT2D eigenvalue weighted by Crippen LogP contribution is -2.39. The van der Waals surface area contributed by atoms with Crippen molar-refractivity contribution in [3.63, 3.8) is 0 Å². The minimum atomic E-state index is -0.185. The zero-order valence-electron chi connectivity index (χ0n) is 19.4. The van der Waals surface area contributed by atoms with Gasteiger partial charge in [0.15, 0.2) is 0 Å². The predicted octanol–water partition coefficient (Wildman–Crippen LogP) is 5.70. The smallest absolute Gasteiger partial charge is 0.319 e. The SMILES string of the molecule is CCN(CC)c1ccc(NC(=O)NCCC[C@@H]2C[C@@H](Cc3ccccc3)CCN2)cc1Cl. The molecule has 2 amide bonds. The van der Waals surface area contributed by atoms with Gasteiger partial charge < -0.3 is 20.9 Å². The number of hydrogen-bond donors (Lipinski definition) is 3. The van der Waals surface area contributed by atoms with Crippen molar-refractivity contribution in [3.05, 3.63) is 59.1 Å². The first-order valence-corrected chi connectivity index (χ1v) is 12.3. The Morgan fingerprint density at radius 3 is 2.66 bits per heavy atom. The topological polar surface area (TPSA) is 56.4 Å². The zero-order chi connectivity index (χ0) is 22.8. The van der Waals surface area contributed by atoms with E-state index in [1.165, 1.54) is 18.4 Å². The fraction of sp³-hybridized carbons (Fsp3) is 0.500. The molecular weight excluding hydrogens is 420 g/mol. The molecule has 5 nitrogen and oxygen atoms in total. The van der Waals surface area contributed by atoms with Crippen LogP contribution in [-0.2, 0) is 6.42 Å². The molecule has 174 valence electrons. The first kappa shape index (κ1) is 24.4. The van der Waals surface area contributed by atoms with Crippen molar-refractivity contribution in [1.29, 1.82) is 0 Å². The quantitative estimate of drug-likeness (QED) is 0.402. The largest absolute Gasteiger partial charge is 0.371 e. The number of nitrogens with one attached hydrogen (secondary N) is 3. The van der Waals surface area contributed by atoms with Crippen LogP contribution >= 0.6 is 11.6 Å². The molecule has 3 N–H and O–H groups in total. The minimum absolute atomic E-state index is 0.185. The lowest BCUT2D eigenvalue weighted by atomic mass is 9.86. The normalized spacial score (nSPS) is 18.2. The van der Waals surface area contributed by atoms with Crippen molar-refractivity contribution in [2.24, 2.45) is 5.92 Å². The van der Waals surface area contributed by atoms with Gasteiger partial charge in [-0.15, -0.1) is 0 Å². The molecule has 32 heavy (non-hydrogen) atoms. The molecule has 2 aromatic rings. The Balaban J connectivity index is 1.36. The van der Waals surface area contributed by atoms with E-state index in [-0.39, 0.29) is 6.03 Å². The number of benzene rings is 2. The van der Waals surface area contributed by atoms with Crippen LogP contribution in [0.4, 0.5) is 16.2 Å². The fourth-order valence-electron chi connectivity index (χ4n) is 4.58. The van der Waals surface area contributed by atoms with Gasteiger partial charge in [0.2, 0.25) is 0 Å². The molecular formula is C26H37ClN4O. The standard InChI is InChI=1S/C26H37ClN4O/c1-3-31(4-2)25-13-12-23(19-24(25)27)30-26(32)29-15-8-11-22-18-21(14-16-28-22)17-20-9-6-5-7-10-20/h5-7,9-10,12-13,19,21-22,28H,3-4,8,11,14-18H2,1-2H3,(H2,29,30,32)/t21-,22-/m1/s1. The molecule has 1 heterocycles. The summed E-state index contributed by atoms with van der Waals surface area (Å²) in [5, 5.41) is 10.2. The van der Waals surface area contributed by atoms with Crippen molar-refractivity contribution >= 4 is 29.0 Å². The highest BCUT2D eigenvalue weighted by atomic mass is 35.5. The Labute approximate surface area is 197 Å². The number of amides is 2. The Hall–Kier alpha value is -2.24. The van der Waals surface area contributed by atoms with Gasteiger partial charge in [0.25, 0.3) is 0 Å². The van der Waals surface area contributed by atoms with Crippen LogP contribution in [-0.4, -0.2) is 38.3 Å². The van der Waals surface area contributed by atoms with E-state index in [9.17, 15) is 4.79 Å². The molecule has 1 fully saturated rings. The number of carbonyl (C=O) groups is 1. The molecule has 3 rings (SSSR count). The third kappa shape index (κ3) is 7.42. The highest BCUT2D eigenvalue weighted by molar-refractivity contribution is 6.33. The second-order valence-corrected chi connectivity index (χ2v) is 9.00. The number of halogens is 1. The molecule has 1 aliphatic heterocycles. The summed E-state index contributed by atoms with van der Waals surface area (Å²) >= 11 is 6.42. The molecule has 0 spiro atoms. The summed E-state index contributed by atoms with van der Waals surface area (Å²) < 4.78 is 0. The molecule has 0 aromatic heterocycles. The number of carbonyl (C=O) groups excluding carboxylic acids is 1. The fourth-order valence-corrected chi connectivity index (χ4v) is 4.88. The summed E-state index contributed by atoms with van der Waals surface area (Å²) in [7, 11) is 0. The van der Waals surface area contributed by atoms with Crippen molar-refractivity contribution in [3.8, 4) is 0 Å². The van der Waals surface area contributed by atoms with Gasteiger partial charge in [-0.05, 0) is 82.2 Å². The van der Waals surface area contributed by atoms with Crippen LogP contribution in [0.5, 0.6) is 0 Å². The highest BCUT2D eigenvalue weighted by Crippen LogP contribution is 2.28. The predicted molar refractivity (Wildman–Crippen MR) is 136 cm³/mol. The van der Waals surface area contributed by atoms with Gasteiger partial charge in [0, 0.05) is 31.4 Å². The molecule has 6 heteroatoms. The van der Waals surface area contributed by atoms with Crippen molar-refractivity contribution in [2.75, 3.05) is 36.4 Å². The first-order chi connectivity index (χ1) is 15.6. The average Bonchev–Trinajstić information content (AvgIpc) is 2.80. The maximum Gasteiger partial charge on any atom is 0.319 e. The summed E-state index contributed by atoms with van der Waals surface area (Å²) in [5.74, 6) is 0.740. The molecule has 0 saturated carbocycles. The van der Waals surface area contributed by atoms with E-state index in [2.05, 4.69) is 65.0 Å². The molecule has 0 unspecified atom stereocenters. The van der Waals surface area contributed by atoms with Crippen LogP contribution in [0.25, 0.3) is 0 Å². The number of hydrogen-bond acceptors (Lipinski definition) is 3. The Morgan fingerprint density at radius 2 is 1.94 bits per heavy atom. The van der Waals surface area contributed by atoms with Gasteiger partial charge >= 0.3 is 6.03 Å². The second-order valence-electron chi connectivity index (χ2n) is 8.59. The van der Waals surface area contributed by atoms with Crippen molar-refractivity contribution in [2.45, 2.75) is 52.0 Å². The lowest BCUT2D eigenvalue weighted by Gasteiger charge is -2.30.